The number of ether oxygens (including phenoxy) is 1. The van der Waals surface area contributed by atoms with E-state index in [1.165, 1.54) is 0 Å². The van der Waals surface area contributed by atoms with E-state index >= 15 is 0 Å². The maximum atomic E-state index is 11.6. The molecule has 0 amide bonds. The van der Waals surface area contributed by atoms with Crippen LogP contribution in [0.5, 0.6) is 5.75 Å². The van der Waals surface area contributed by atoms with Crippen molar-refractivity contribution in [2.75, 3.05) is 32.5 Å². The van der Waals surface area contributed by atoms with Gasteiger partial charge < -0.3 is 19.8 Å². The van der Waals surface area contributed by atoms with Crippen molar-refractivity contribution in [2.24, 2.45) is 11.8 Å². The number of aliphatic carboxylic acids is 1. The van der Waals surface area contributed by atoms with Crippen LogP contribution in [-0.4, -0.2) is 58.6 Å². The normalized spacial score (nSPS) is 18.8. The van der Waals surface area contributed by atoms with Crippen LogP contribution >= 0.6 is 11.8 Å². The van der Waals surface area contributed by atoms with Gasteiger partial charge in [-0.15, -0.1) is 11.8 Å². The van der Waals surface area contributed by atoms with E-state index in [1.54, 1.807) is 31.1 Å². The number of aliphatic hydroxyl groups is 1. The molecule has 1 aromatic heterocycles. The largest absolute Gasteiger partial charge is 0.497 e. The summed E-state index contributed by atoms with van der Waals surface area (Å²) in [7, 11) is 1.62. The van der Waals surface area contributed by atoms with Crippen LogP contribution < -0.4 is 4.74 Å². The zero-order valence-corrected chi connectivity index (χ0v) is 21.9. The second kappa shape index (κ2) is 12.9. The molecule has 7 nitrogen and oxygen atoms in total. The first-order valence-electron chi connectivity index (χ1n) is 12.6. The molecule has 0 radical (unpaired) electrons. The van der Waals surface area contributed by atoms with Crippen molar-refractivity contribution < 1.29 is 19.7 Å². The van der Waals surface area contributed by atoms with E-state index in [9.17, 15) is 15.0 Å². The van der Waals surface area contributed by atoms with Crippen LogP contribution in [0.4, 0.5) is 0 Å². The maximum absolute atomic E-state index is 11.6. The summed E-state index contributed by atoms with van der Waals surface area (Å²) in [4.78, 5) is 19.5. The molecule has 37 heavy (non-hydrogen) atoms. The van der Waals surface area contributed by atoms with E-state index < -0.39 is 12.1 Å². The predicted molar refractivity (Wildman–Crippen MR) is 145 cm³/mol. The third-order valence-corrected chi connectivity index (χ3v) is 8.18. The quantitative estimate of drug-likeness (QED) is 0.336. The number of piperidine rings is 1. The van der Waals surface area contributed by atoms with Crippen LogP contribution in [0, 0.1) is 23.2 Å². The molecule has 0 saturated carbocycles. The first-order chi connectivity index (χ1) is 18.0. The molecular weight excluding hydrogens is 486 g/mol. The molecule has 3 atom stereocenters. The summed E-state index contributed by atoms with van der Waals surface area (Å²) >= 11 is 1.72. The van der Waals surface area contributed by atoms with Crippen molar-refractivity contribution in [3.63, 3.8) is 0 Å². The second-order valence-corrected chi connectivity index (χ2v) is 10.7. The summed E-state index contributed by atoms with van der Waals surface area (Å²) in [5.74, 6) is 1.15. The lowest BCUT2D eigenvalue weighted by molar-refractivity contribution is -0.139. The summed E-state index contributed by atoms with van der Waals surface area (Å²) in [5.41, 5.74) is 2.30. The Morgan fingerprint density at radius 2 is 2.14 bits per heavy atom. The number of hydrogen-bond acceptors (Lipinski definition) is 7. The molecule has 2 heterocycles. The minimum atomic E-state index is -0.771. The molecule has 0 bridgehead atoms. The van der Waals surface area contributed by atoms with Gasteiger partial charge in [-0.3, -0.25) is 9.78 Å². The molecule has 4 rings (SSSR count). The lowest BCUT2D eigenvalue weighted by atomic mass is 9.79. The smallest absolute Gasteiger partial charge is 0.303 e. The number of likely N-dealkylation sites (tertiary alicyclic amines) is 1. The summed E-state index contributed by atoms with van der Waals surface area (Å²) in [6, 6.07) is 17.3. The highest BCUT2D eigenvalue weighted by atomic mass is 32.2. The monoisotopic (exact) mass is 519 g/mol. The molecule has 1 unspecified atom stereocenters. The average molecular weight is 520 g/mol. The number of thioether (sulfide) groups is 1. The van der Waals surface area contributed by atoms with Gasteiger partial charge in [0.25, 0.3) is 0 Å². The number of aliphatic hydroxyl groups excluding tert-OH is 1. The molecule has 1 fully saturated rings. The first-order valence-corrected chi connectivity index (χ1v) is 13.6. The molecule has 0 spiro atoms. The number of nitriles is 1. The van der Waals surface area contributed by atoms with E-state index in [2.05, 4.69) is 16.0 Å². The third-order valence-electron chi connectivity index (χ3n) is 7.20. The van der Waals surface area contributed by atoms with Gasteiger partial charge in [0.05, 0.1) is 30.4 Å². The van der Waals surface area contributed by atoms with Gasteiger partial charge in [-0.05, 0) is 85.7 Å². The average Bonchev–Trinajstić information content (AvgIpc) is 2.91. The minimum Gasteiger partial charge on any atom is -0.497 e. The summed E-state index contributed by atoms with van der Waals surface area (Å²) in [5, 5.41) is 30.6. The van der Waals surface area contributed by atoms with Crippen molar-refractivity contribution >= 4 is 28.6 Å². The van der Waals surface area contributed by atoms with Gasteiger partial charge >= 0.3 is 5.97 Å². The Balaban J connectivity index is 1.34. The molecule has 2 N–H and O–H groups in total. The molecule has 0 aliphatic carbocycles. The van der Waals surface area contributed by atoms with Gasteiger partial charge in [-0.25, -0.2) is 0 Å². The van der Waals surface area contributed by atoms with Gasteiger partial charge in [-0.1, -0.05) is 6.07 Å². The SMILES string of the molecule is COc1ccc2nccc(C(O)CC[C@@H]3CCN(CCSc4cccc(C#N)c4)C[C@@H]3CC(=O)O)c2c1. The fourth-order valence-electron chi connectivity index (χ4n) is 5.23. The third kappa shape index (κ3) is 7.22. The number of pyridine rings is 1. The Morgan fingerprint density at radius 3 is 2.92 bits per heavy atom. The zero-order chi connectivity index (χ0) is 26.2. The van der Waals surface area contributed by atoms with Crippen LogP contribution in [0.1, 0.15) is 42.9 Å². The highest BCUT2D eigenvalue weighted by Gasteiger charge is 2.31. The Hall–Kier alpha value is -3.12. The topological polar surface area (TPSA) is 107 Å². The molecular formula is C29H33N3O4S. The highest BCUT2D eigenvalue weighted by Crippen LogP contribution is 2.35. The van der Waals surface area contributed by atoms with Gasteiger partial charge in [0.2, 0.25) is 0 Å². The minimum absolute atomic E-state index is 0.0552. The van der Waals surface area contributed by atoms with Crippen LogP contribution in [-0.2, 0) is 4.79 Å². The molecule has 3 aromatic rings. The van der Waals surface area contributed by atoms with Crippen molar-refractivity contribution in [1.29, 1.82) is 5.26 Å². The van der Waals surface area contributed by atoms with E-state index in [4.69, 9.17) is 10.00 Å². The van der Waals surface area contributed by atoms with E-state index in [-0.39, 0.29) is 18.3 Å². The number of nitrogens with zero attached hydrogens (tertiary/aromatic N) is 3. The van der Waals surface area contributed by atoms with Crippen molar-refractivity contribution in [2.45, 2.75) is 36.7 Å². The number of rotatable bonds is 11. The Kier molecular flexibility index (Phi) is 9.40. The molecule has 1 saturated heterocycles. The summed E-state index contributed by atoms with van der Waals surface area (Å²) in [6.07, 6.45) is 3.47. The Morgan fingerprint density at radius 1 is 1.27 bits per heavy atom. The van der Waals surface area contributed by atoms with Crippen LogP contribution in [0.2, 0.25) is 0 Å². The number of carbonyl (C=O) groups is 1. The number of fused-ring (bicyclic) bond motifs is 1. The summed E-state index contributed by atoms with van der Waals surface area (Å²) in [6.45, 7) is 2.55. The number of aromatic nitrogens is 1. The fourth-order valence-corrected chi connectivity index (χ4v) is 6.20. The van der Waals surface area contributed by atoms with Gasteiger partial charge in [0, 0.05) is 41.7 Å². The van der Waals surface area contributed by atoms with E-state index in [1.807, 2.05) is 42.5 Å². The Bertz CT molecular complexity index is 1260. The van der Waals surface area contributed by atoms with Gasteiger partial charge in [0.15, 0.2) is 0 Å². The number of methoxy groups -OCH3 is 1. The number of hydrogen-bond donors (Lipinski definition) is 2. The van der Waals surface area contributed by atoms with E-state index in [0.29, 0.717) is 12.0 Å². The standard InChI is InChI=1S/C29H33N3O4S/c1-36-23-6-7-27-26(17-23)25(9-11-31-27)28(33)8-5-21-10-12-32(19-22(21)16-29(34)35)13-14-37-24-4-2-3-20(15-24)18-30/h2-4,6-7,9,11,15,17,21-22,28,33H,5,8,10,12-14,16,19H2,1H3,(H,34,35)/t21-,22+,28?/m1/s1. The van der Waals surface area contributed by atoms with Crippen LogP contribution in [0.3, 0.4) is 0 Å². The lowest BCUT2D eigenvalue weighted by Gasteiger charge is -2.38. The van der Waals surface area contributed by atoms with Crippen molar-refractivity contribution in [3.05, 3.63) is 65.9 Å². The lowest BCUT2D eigenvalue weighted by Crippen LogP contribution is -2.42. The van der Waals surface area contributed by atoms with Gasteiger partial charge in [-0.2, -0.15) is 5.26 Å². The number of carboxylic acid groups (broad SMARTS) is 1. The first kappa shape index (κ1) is 26.9. The van der Waals surface area contributed by atoms with Crippen molar-refractivity contribution in [3.8, 4) is 11.8 Å². The fraction of sp³-hybridized carbons (Fsp3) is 0.414. The Labute approximate surface area is 222 Å². The van der Waals surface area contributed by atoms with Crippen molar-refractivity contribution in [1.82, 2.24) is 9.88 Å². The zero-order valence-electron chi connectivity index (χ0n) is 21.0. The molecule has 1 aliphatic rings. The van der Waals surface area contributed by atoms with Crippen LogP contribution in [0.15, 0.2) is 59.6 Å². The maximum Gasteiger partial charge on any atom is 0.303 e. The number of benzene rings is 2. The predicted octanol–water partition coefficient (Wildman–Crippen LogP) is 5.13. The highest BCUT2D eigenvalue weighted by molar-refractivity contribution is 7.99. The molecule has 194 valence electrons. The van der Waals surface area contributed by atoms with Crippen LogP contribution in [0.25, 0.3) is 10.9 Å². The second-order valence-electron chi connectivity index (χ2n) is 9.57. The van der Waals surface area contributed by atoms with Gasteiger partial charge in [0.1, 0.15) is 5.75 Å². The molecule has 1 aliphatic heterocycles. The summed E-state index contributed by atoms with van der Waals surface area (Å²) < 4.78 is 5.35. The molecule has 8 heteroatoms. The number of carboxylic acids is 1. The van der Waals surface area contributed by atoms with E-state index in [0.717, 1.165) is 65.3 Å². The molecule has 2 aromatic carbocycles.